The number of thioether (sulfide) groups is 3. The number of aliphatic hydroxyl groups excluding tert-OH is 2. The van der Waals surface area contributed by atoms with Crippen LogP contribution in [0.4, 0.5) is 43.8 Å². The van der Waals surface area contributed by atoms with Crippen LogP contribution in [0.2, 0.25) is 30.1 Å². The van der Waals surface area contributed by atoms with Crippen LogP contribution >= 0.6 is 105 Å². The molecule has 6 aromatic rings. The summed E-state index contributed by atoms with van der Waals surface area (Å²) in [5, 5.41) is 47.9. The van der Waals surface area contributed by atoms with Gasteiger partial charge in [-0.15, -0.1) is 35.3 Å². The van der Waals surface area contributed by atoms with Crippen LogP contribution in [-0.2, 0) is 13.1 Å². The zero-order valence-corrected chi connectivity index (χ0v) is 50.0. The van der Waals surface area contributed by atoms with Gasteiger partial charge in [0.25, 0.3) is 0 Å². The van der Waals surface area contributed by atoms with E-state index >= 15 is 0 Å². The average Bonchev–Trinajstić information content (AvgIpc) is 3.83. The number of halogens is 12. The molecule has 5 unspecified atom stereocenters. The number of aryl methyl sites for hydroxylation is 2. The maximum atomic E-state index is 12.9. The quantitative estimate of drug-likeness (QED) is 0.0851. The molecule has 0 radical (unpaired) electrons. The Morgan fingerprint density at radius 3 is 1.39 bits per heavy atom. The number of anilines is 3. The number of nitrogens with one attached hydrogen (secondary N) is 4. The zero-order chi connectivity index (χ0) is 56.9. The van der Waals surface area contributed by atoms with Gasteiger partial charge in [0.05, 0.1) is 34.5 Å². The van der Waals surface area contributed by atoms with E-state index in [-0.39, 0.29) is 30.0 Å². The molecule has 0 fully saturated rings. The summed E-state index contributed by atoms with van der Waals surface area (Å²) in [5.74, 6) is 1.89. The van der Waals surface area contributed by atoms with Crippen LogP contribution in [0.3, 0.4) is 0 Å². The highest BCUT2D eigenvalue weighted by atomic mass is 35.5. The maximum absolute atomic E-state index is 12.9. The number of aromatic nitrogens is 6. The first-order chi connectivity index (χ1) is 35.6. The monoisotopic (exact) mass is 1250 g/mol. The van der Waals surface area contributed by atoms with E-state index in [1.807, 2.05) is 56.8 Å². The maximum Gasteiger partial charge on any atom is 0.416 e. The van der Waals surface area contributed by atoms with Crippen molar-refractivity contribution >= 4 is 122 Å². The zero-order valence-electron chi connectivity index (χ0n) is 43.0. The van der Waals surface area contributed by atoms with Crippen molar-refractivity contribution in [3.63, 3.8) is 0 Å². The number of aliphatic hydroxyl groups is 2. The summed E-state index contributed by atoms with van der Waals surface area (Å²) in [6, 6.07) is 16.1. The van der Waals surface area contributed by atoms with Crippen LogP contribution in [0, 0.1) is 20.8 Å². The summed E-state index contributed by atoms with van der Waals surface area (Å²) in [7, 11) is 0. The number of H-pyrrole nitrogens is 1. The number of hydrogen-bond acceptors (Lipinski definition) is 11. The van der Waals surface area contributed by atoms with E-state index in [1.54, 1.807) is 67.7 Å². The first-order valence-electron chi connectivity index (χ1n) is 23.9. The van der Waals surface area contributed by atoms with Gasteiger partial charge in [-0.2, -0.15) is 41.6 Å². The Balaban J connectivity index is 0.000000170. The molecule has 6 N–H and O–H groups in total. The summed E-state index contributed by atoms with van der Waals surface area (Å²) in [4.78, 5) is 0. The fraction of sp³-hybridized carbons (Fsp3) is 0.471. The summed E-state index contributed by atoms with van der Waals surface area (Å²) < 4.78 is 79.1. The molecule has 0 aliphatic carbocycles. The van der Waals surface area contributed by atoms with Gasteiger partial charge in [-0.25, -0.2) is 4.68 Å². The van der Waals surface area contributed by atoms with Gasteiger partial charge >= 0.3 is 12.4 Å². The molecule has 0 amide bonds. The molecule has 3 aliphatic heterocycles. The first kappa shape index (κ1) is 61.6. The fourth-order valence-electron chi connectivity index (χ4n) is 8.79. The van der Waals surface area contributed by atoms with E-state index in [2.05, 4.69) is 64.0 Å². The van der Waals surface area contributed by atoms with Crippen LogP contribution in [0.15, 0.2) is 54.6 Å². The lowest BCUT2D eigenvalue weighted by molar-refractivity contribution is -0.208. The van der Waals surface area contributed by atoms with Gasteiger partial charge in [0.1, 0.15) is 5.82 Å². The molecule has 9 rings (SSSR count). The molecule has 0 saturated heterocycles. The highest BCUT2D eigenvalue weighted by Gasteiger charge is 2.43. The lowest BCUT2D eigenvalue weighted by Crippen LogP contribution is -2.34. The van der Waals surface area contributed by atoms with Crippen LogP contribution in [0.25, 0.3) is 0 Å². The Morgan fingerprint density at radius 2 is 0.961 bits per heavy atom. The van der Waals surface area contributed by atoms with E-state index in [0.717, 1.165) is 45.9 Å². The lowest BCUT2D eigenvalue weighted by Gasteiger charge is -2.27. The van der Waals surface area contributed by atoms with Crippen LogP contribution in [0.5, 0.6) is 0 Å². The van der Waals surface area contributed by atoms with Crippen molar-refractivity contribution in [1.82, 2.24) is 29.8 Å². The predicted octanol–water partition coefficient (Wildman–Crippen LogP) is 15.9. The number of aromatic amines is 1. The van der Waals surface area contributed by atoms with Gasteiger partial charge in [-0.05, 0) is 115 Å². The molecule has 77 heavy (non-hydrogen) atoms. The minimum atomic E-state index is -4.72. The van der Waals surface area contributed by atoms with Gasteiger partial charge < -0.3 is 26.2 Å². The van der Waals surface area contributed by atoms with E-state index in [9.17, 15) is 36.6 Å². The van der Waals surface area contributed by atoms with Crippen molar-refractivity contribution in [3.05, 3.63) is 135 Å². The van der Waals surface area contributed by atoms with Crippen molar-refractivity contribution in [1.29, 1.82) is 0 Å². The van der Waals surface area contributed by atoms with Crippen LogP contribution in [0.1, 0.15) is 108 Å². The number of benzene rings is 3. The molecular weight excluding hydrogens is 1190 g/mol. The Hall–Kier alpha value is -3.02. The first-order valence-corrected chi connectivity index (χ1v) is 28.8. The minimum absolute atomic E-state index is 0.0772. The molecule has 0 spiro atoms. The van der Waals surface area contributed by atoms with Gasteiger partial charge in [0.15, 0.2) is 23.8 Å². The topological polar surface area (TPSA) is 141 Å². The molecule has 3 aliphatic rings. The summed E-state index contributed by atoms with van der Waals surface area (Å²) in [5.41, 5.74) is 7.59. The molecule has 6 heterocycles. The van der Waals surface area contributed by atoms with Crippen molar-refractivity contribution in [3.8, 4) is 0 Å². The number of nitrogens with zero attached hydrogens (tertiary/aromatic N) is 5. The highest BCUT2D eigenvalue weighted by molar-refractivity contribution is 8.01. The third-order valence-corrected chi connectivity index (χ3v) is 19.0. The second-order valence-corrected chi connectivity index (χ2v) is 28.6. The number of fused-ring (bicyclic) bond motifs is 3. The number of hydrogen-bond donors (Lipinski definition) is 6. The third-order valence-electron chi connectivity index (χ3n) is 12.7. The van der Waals surface area contributed by atoms with E-state index in [1.165, 1.54) is 14.9 Å². The number of rotatable bonds is 7. The van der Waals surface area contributed by atoms with Crippen LogP contribution < -0.4 is 16.0 Å². The second kappa shape index (κ2) is 23.8. The molecule has 420 valence electrons. The molecule has 5 atom stereocenters. The van der Waals surface area contributed by atoms with Crippen LogP contribution in [-0.4, -0.2) is 98.4 Å². The molecule has 3 aromatic heterocycles. The van der Waals surface area contributed by atoms with Gasteiger partial charge in [-0.1, -0.05) is 87.8 Å². The minimum Gasteiger partial charge on any atom is -0.382 e. The summed E-state index contributed by atoms with van der Waals surface area (Å²) >= 11 is 42.6. The van der Waals surface area contributed by atoms with Gasteiger partial charge in [-0.3, -0.25) is 9.78 Å². The van der Waals surface area contributed by atoms with Gasteiger partial charge in [0, 0.05) is 92.1 Å². The Labute approximate surface area is 486 Å². The second-order valence-electron chi connectivity index (χ2n) is 20.6. The summed E-state index contributed by atoms with van der Waals surface area (Å²) in [6.07, 6.45) is -14.4. The van der Waals surface area contributed by atoms with Gasteiger partial charge in [0.2, 0.25) is 0 Å². The SMILES string of the molecule is Cc1[nH]nc2c1C(c1ccc(Cl)cc1Cl)SC(C)(C)CN2.Cc1c2c(nn1CC(O)C(F)(F)F)NCC(C)(C)SC2c1ccc(Cl)cc1Cl.Cc1nn(CC(O)C(F)(F)F)c2c1C(c1ccc(Cl)cc1Cl)SC(C)(C)CN2. The van der Waals surface area contributed by atoms with Crippen molar-refractivity contribution < 1.29 is 36.6 Å². The Bertz CT molecular complexity index is 3040. The molecule has 3 aromatic carbocycles. The molecule has 26 heteroatoms. The van der Waals surface area contributed by atoms with E-state index < -0.39 is 37.7 Å². The predicted molar refractivity (Wildman–Crippen MR) is 307 cm³/mol. The normalized spacial score (nSPS) is 20.3. The Morgan fingerprint density at radius 1 is 0.571 bits per heavy atom. The lowest BCUT2D eigenvalue weighted by atomic mass is 10.0. The summed E-state index contributed by atoms with van der Waals surface area (Å²) in [6.45, 7) is 18.8. The molecule has 11 nitrogen and oxygen atoms in total. The Kier molecular flexibility index (Phi) is 19.1. The van der Waals surface area contributed by atoms with Crippen molar-refractivity contribution in [2.45, 2.75) is 130 Å². The van der Waals surface area contributed by atoms with Crippen molar-refractivity contribution in [2.24, 2.45) is 0 Å². The molecular formula is C51H57Cl6F6N9O2S3. The fourth-order valence-corrected chi connectivity index (χ4v) is 15.1. The molecule has 0 bridgehead atoms. The smallest absolute Gasteiger partial charge is 0.382 e. The van der Waals surface area contributed by atoms with E-state index in [4.69, 9.17) is 69.6 Å². The standard InChI is InChI=1S/2C18H20Cl2F3N3OS.C15H17Cl2N3S/c1-9-14-15(11-5-4-10(19)6-12(11)20)28-17(2,3)8-24-16(14)25-26(9)7-13(27)18(21,22)23;1-9-14-15(11-5-4-10(19)6-12(11)20)28-17(2,3)8-24-16(14)26(25-9)7-13(27)18(21,22)23;1-8-12-13(10-5-4-9(16)6-11(10)17)21-15(2,3)7-18-14(12)20-19-8/h4-6,13,15,27H,7-8H2,1-3H3,(H,24,25);4-6,13,15,24,27H,7-8H2,1-3H3;4-6,13H,7H2,1-3H3,(H2,18,19,20). The van der Waals surface area contributed by atoms with Crippen molar-refractivity contribution in [2.75, 3.05) is 35.6 Å². The van der Waals surface area contributed by atoms with E-state index in [0.29, 0.717) is 66.2 Å². The molecule has 0 saturated carbocycles. The number of alkyl halides is 6. The third kappa shape index (κ3) is 14.7. The largest absolute Gasteiger partial charge is 0.416 e. The average molecular weight is 1250 g/mol. The highest BCUT2D eigenvalue weighted by Crippen LogP contribution is 2.54.